The molecule has 0 spiro atoms. The van der Waals surface area contributed by atoms with E-state index in [0.29, 0.717) is 17.1 Å². The van der Waals surface area contributed by atoms with Gasteiger partial charge in [0.05, 0.1) is 5.41 Å². The third-order valence-corrected chi connectivity index (χ3v) is 6.90. The number of hydrogen-bond acceptors (Lipinski definition) is 7. The van der Waals surface area contributed by atoms with E-state index >= 15 is 0 Å². The van der Waals surface area contributed by atoms with Gasteiger partial charge in [-0.25, -0.2) is 9.59 Å². The summed E-state index contributed by atoms with van der Waals surface area (Å²) < 4.78 is 11.1. The van der Waals surface area contributed by atoms with Crippen LogP contribution in [0.4, 0.5) is 10.5 Å². The highest BCUT2D eigenvalue weighted by Crippen LogP contribution is 2.49. The third kappa shape index (κ3) is 5.03. The molecule has 3 aromatic carbocycles. The number of rotatable bonds is 8. The second-order valence-corrected chi connectivity index (χ2v) is 9.39. The van der Waals surface area contributed by atoms with Crippen molar-refractivity contribution in [1.82, 2.24) is 10.6 Å². The topological polar surface area (TPSA) is 103 Å². The summed E-state index contributed by atoms with van der Waals surface area (Å²) in [4.78, 5) is 30.0. The maximum atomic E-state index is 12.6. The van der Waals surface area contributed by atoms with Gasteiger partial charge in [-0.15, -0.1) is 0 Å². The maximum Gasteiger partial charge on any atom is 0.412 e. The Hall–Kier alpha value is -4.43. The minimum Gasteiger partial charge on any atom is -0.441 e. The summed E-state index contributed by atoms with van der Waals surface area (Å²) in [5.74, 6) is 0.203. The number of amides is 1. The van der Waals surface area contributed by atoms with E-state index in [-0.39, 0.29) is 5.97 Å². The Morgan fingerprint density at radius 3 is 2.13 bits per heavy atom. The Kier molecular flexibility index (Phi) is 6.98. The number of carbonyl (C=O) groups is 2. The normalized spacial score (nSPS) is 14.4. The van der Waals surface area contributed by atoms with Gasteiger partial charge in [0.1, 0.15) is 17.5 Å². The number of aryl methyl sites for hydroxylation is 1. The van der Waals surface area contributed by atoms with E-state index < -0.39 is 17.6 Å². The monoisotopic (exact) mass is 511 g/mol. The van der Waals surface area contributed by atoms with Gasteiger partial charge in [0, 0.05) is 12.6 Å². The van der Waals surface area contributed by atoms with Crippen molar-refractivity contribution in [2.75, 3.05) is 12.4 Å². The van der Waals surface area contributed by atoms with Crippen molar-refractivity contribution in [2.45, 2.75) is 38.2 Å². The van der Waals surface area contributed by atoms with Crippen molar-refractivity contribution in [3.05, 3.63) is 95.7 Å². The Morgan fingerprint density at radius 1 is 0.921 bits per heavy atom. The molecule has 1 heterocycles. The van der Waals surface area contributed by atoms with Gasteiger partial charge in [-0.05, 0) is 48.9 Å². The first-order chi connectivity index (χ1) is 18.4. The van der Waals surface area contributed by atoms with Crippen molar-refractivity contribution in [2.24, 2.45) is 0 Å². The Labute approximate surface area is 220 Å². The molecule has 38 heavy (non-hydrogen) atoms. The number of ether oxygens (including phenoxy) is 1. The summed E-state index contributed by atoms with van der Waals surface area (Å²) >= 11 is 0. The minimum absolute atomic E-state index is 0.248. The van der Waals surface area contributed by atoms with E-state index in [4.69, 9.17) is 14.1 Å². The number of anilines is 1. The molecular formula is C30H29N3O5. The summed E-state index contributed by atoms with van der Waals surface area (Å²) in [6.07, 6.45) is 0.576. The number of nitrogens with zero attached hydrogens (tertiary/aromatic N) is 1. The van der Waals surface area contributed by atoms with Crippen LogP contribution < -0.4 is 10.8 Å². The fraction of sp³-hybridized carbons (Fsp3) is 0.233. The van der Waals surface area contributed by atoms with E-state index in [9.17, 15) is 9.59 Å². The van der Waals surface area contributed by atoms with Gasteiger partial charge < -0.3 is 14.1 Å². The van der Waals surface area contributed by atoms with Crippen LogP contribution in [0.25, 0.3) is 22.5 Å². The highest BCUT2D eigenvalue weighted by Gasteiger charge is 2.53. The standard InChI is InChI=1S/C30H29N3O5/c1-19-26(32-29(35)36-20(2)21-7-5-4-6-8-21)27(37-33-19)24-11-9-22(10-12-24)23-13-15-25(16-14-23)30(17-18-30)28(34)38-31-3/h4-16,20,31H,17-18H2,1-3H3,(H,32,35)/t20-/m1/s1. The van der Waals surface area contributed by atoms with Gasteiger partial charge in [-0.3, -0.25) is 5.32 Å². The van der Waals surface area contributed by atoms with Crippen molar-refractivity contribution in [3.63, 3.8) is 0 Å². The lowest BCUT2D eigenvalue weighted by atomic mass is 9.93. The molecule has 1 amide bonds. The fourth-order valence-electron chi connectivity index (χ4n) is 4.52. The molecule has 1 aliphatic rings. The van der Waals surface area contributed by atoms with Gasteiger partial charge in [-0.1, -0.05) is 84.0 Å². The zero-order chi connectivity index (χ0) is 26.7. The number of benzene rings is 3. The largest absolute Gasteiger partial charge is 0.441 e. The van der Waals surface area contributed by atoms with Crippen molar-refractivity contribution in [1.29, 1.82) is 0 Å². The zero-order valence-electron chi connectivity index (χ0n) is 21.5. The van der Waals surface area contributed by atoms with E-state index in [1.165, 1.54) is 0 Å². The van der Waals surface area contributed by atoms with E-state index in [0.717, 1.165) is 40.7 Å². The number of nitrogens with one attached hydrogen (secondary N) is 2. The van der Waals surface area contributed by atoms with Crippen molar-refractivity contribution in [3.8, 4) is 22.5 Å². The molecule has 0 bridgehead atoms. The van der Waals surface area contributed by atoms with Crippen molar-refractivity contribution >= 4 is 17.7 Å². The molecule has 5 rings (SSSR count). The summed E-state index contributed by atoms with van der Waals surface area (Å²) in [7, 11) is 1.58. The smallest absolute Gasteiger partial charge is 0.412 e. The number of aromatic nitrogens is 1. The molecule has 0 radical (unpaired) electrons. The van der Waals surface area contributed by atoms with Crippen LogP contribution in [0.2, 0.25) is 0 Å². The van der Waals surface area contributed by atoms with Crippen LogP contribution in [0.3, 0.4) is 0 Å². The minimum atomic E-state index is -0.586. The SMILES string of the molecule is CNOC(=O)C1(c2ccc(-c3ccc(-c4onc(C)c4NC(=O)O[C@H](C)c4ccccc4)cc3)cc2)CC1. The summed E-state index contributed by atoms with van der Waals surface area (Å²) in [6, 6.07) is 25.3. The fourth-order valence-corrected chi connectivity index (χ4v) is 4.52. The lowest BCUT2D eigenvalue weighted by molar-refractivity contribution is -0.153. The molecule has 8 nitrogen and oxygen atoms in total. The molecule has 1 saturated carbocycles. The predicted molar refractivity (Wildman–Crippen MR) is 143 cm³/mol. The van der Waals surface area contributed by atoms with Gasteiger partial charge >= 0.3 is 12.1 Å². The average Bonchev–Trinajstić information content (AvgIpc) is 3.68. The van der Waals surface area contributed by atoms with Crippen LogP contribution in [-0.2, 0) is 19.8 Å². The number of hydroxylamine groups is 1. The maximum absolute atomic E-state index is 12.6. The molecule has 194 valence electrons. The van der Waals surface area contributed by atoms with Crippen LogP contribution in [0.1, 0.15) is 42.7 Å². The average molecular weight is 512 g/mol. The molecule has 1 aliphatic carbocycles. The second-order valence-electron chi connectivity index (χ2n) is 9.39. The summed E-state index contributed by atoms with van der Waals surface area (Å²) in [5.41, 5.74) is 7.60. The predicted octanol–water partition coefficient (Wildman–Crippen LogP) is 6.34. The van der Waals surface area contributed by atoms with Crippen LogP contribution in [0.5, 0.6) is 0 Å². The highest BCUT2D eigenvalue weighted by atomic mass is 16.7. The summed E-state index contributed by atoms with van der Waals surface area (Å²) in [6.45, 7) is 3.58. The number of carbonyl (C=O) groups excluding carboxylic acids is 2. The Bertz CT molecular complexity index is 1430. The third-order valence-electron chi connectivity index (χ3n) is 6.90. The molecular weight excluding hydrogens is 482 g/mol. The van der Waals surface area contributed by atoms with Gasteiger partial charge in [0.2, 0.25) is 0 Å². The van der Waals surface area contributed by atoms with E-state index in [1.807, 2.05) is 85.8 Å². The lowest BCUT2D eigenvalue weighted by Gasteiger charge is -2.14. The molecule has 4 aromatic rings. The first-order valence-electron chi connectivity index (χ1n) is 12.5. The Balaban J connectivity index is 1.29. The lowest BCUT2D eigenvalue weighted by Crippen LogP contribution is -2.27. The Morgan fingerprint density at radius 2 is 1.53 bits per heavy atom. The zero-order valence-corrected chi connectivity index (χ0v) is 21.5. The molecule has 1 atom stereocenters. The van der Waals surface area contributed by atoms with Gasteiger partial charge in [0.25, 0.3) is 0 Å². The van der Waals surface area contributed by atoms with Crippen LogP contribution in [0, 0.1) is 6.92 Å². The number of hydrogen-bond donors (Lipinski definition) is 2. The molecule has 0 saturated heterocycles. The first-order valence-corrected chi connectivity index (χ1v) is 12.5. The van der Waals surface area contributed by atoms with Crippen LogP contribution in [-0.4, -0.2) is 24.3 Å². The molecule has 0 unspecified atom stereocenters. The molecule has 8 heteroatoms. The quantitative estimate of drug-likeness (QED) is 0.266. The molecule has 1 fully saturated rings. The van der Waals surface area contributed by atoms with E-state index in [2.05, 4.69) is 16.0 Å². The summed E-state index contributed by atoms with van der Waals surface area (Å²) in [5, 5.41) is 6.83. The van der Waals surface area contributed by atoms with Crippen molar-refractivity contribution < 1.29 is 23.7 Å². The van der Waals surface area contributed by atoms with Gasteiger partial charge in [0.15, 0.2) is 5.76 Å². The second kappa shape index (κ2) is 10.5. The molecule has 1 aromatic heterocycles. The molecule has 0 aliphatic heterocycles. The van der Waals surface area contributed by atoms with Crippen LogP contribution in [0.15, 0.2) is 83.4 Å². The highest BCUT2D eigenvalue weighted by molar-refractivity contribution is 5.91. The van der Waals surface area contributed by atoms with Crippen LogP contribution >= 0.6 is 0 Å². The van der Waals surface area contributed by atoms with E-state index in [1.54, 1.807) is 14.0 Å². The van der Waals surface area contributed by atoms with Gasteiger partial charge in [-0.2, -0.15) is 5.48 Å². The first kappa shape index (κ1) is 25.2. The molecule has 2 N–H and O–H groups in total.